The quantitative estimate of drug-likeness (QED) is 0.676. The largest absolute Gasteiger partial charge is 0.336 e. The van der Waals surface area contributed by atoms with Gasteiger partial charge in [-0.15, -0.1) is 11.6 Å². The van der Waals surface area contributed by atoms with Crippen molar-refractivity contribution < 1.29 is 4.79 Å². The van der Waals surface area contributed by atoms with Gasteiger partial charge in [-0.1, -0.05) is 32.4 Å². The first-order chi connectivity index (χ1) is 9.13. The first-order valence-electron chi connectivity index (χ1n) is 7.09. The molecule has 0 radical (unpaired) electrons. The summed E-state index contributed by atoms with van der Waals surface area (Å²) in [6.45, 7) is 7.21. The third kappa shape index (κ3) is 4.54. The van der Waals surface area contributed by atoms with Crippen LogP contribution in [0.1, 0.15) is 56.0 Å². The number of rotatable bonds is 7. The molecule has 0 aliphatic carbocycles. The van der Waals surface area contributed by atoms with Gasteiger partial charge < -0.3 is 4.90 Å². The summed E-state index contributed by atoms with van der Waals surface area (Å²) in [5, 5.41) is 0. The molecule has 0 spiro atoms. The van der Waals surface area contributed by atoms with E-state index in [1.807, 2.05) is 29.2 Å². The molecule has 1 atom stereocenters. The van der Waals surface area contributed by atoms with Crippen molar-refractivity contribution in [3.8, 4) is 0 Å². The molecule has 0 aromatic heterocycles. The van der Waals surface area contributed by atoms with Crippen LogP contribution in [-0.2, 0) is 5.88 Å². The van der Waals surface area contributed by atoms with Gasteiger partial charge in [-0.3, -0.25) is 4.79 Å². The van der Waals surface area contributed by atoms with Gasteiger partial charge >= 0.3 is 0 Å². The fraction of sp³-hybridized carbons (Fsp3) is 0.562. The highest BCUT2D eigenvalue weighted by Crippen LogP contribution is 2.14. The highest BCUT2D eigenvalue weighted by Gasteiger charge is 2.19. The predicted octanol–water partition coefficient (Wildman–Crippen LogP) is 4.47. The van der Waals surface area contributed by atoms with E-state index in [-0.39, 0.29) is 11.9 Å². The first kappa shape index (κ1) is 16.0. The lowest BCUT2D eigenvalue weighted by atomic mass is 10.1. The van der Waals surface area contributed by atoms with Gasteiger partial charge in [0.15, 0.2) is 0 Å². The first-order valence-corrected chi connectivity index (χ1v) is 7.63. The van der Waals surface area contributed by atoms with Gasteiger partial charge in [0.1, 0.15) is 0 Å². The fourth-order valence-corrected chi connectivity index (χ4v) is 2.15. The normalized spacial score (nSPS) is 12.2. The number of carbonyl (C=O) groups excluding carboxylic acids is 1. The fourth-order valence-electron chi connectivity index (χ4n) is 1.97. The predicted molar refractivity (Wildman–Crippen MR) is 81.7 cm³/mol. The van der Waals surface area contributed by atoms with Gasteiger partial charge in [0, 0.05) is 24.0 Å². The molecule has 0 aliphatic rings. The minimum absolute atomic E-state index is 0.129. The average molecular weight is 282 g/mol. The lowest BCUT2D eigenvalue weighted by molar-refractivity contribution is 0.0685. The third-order valence-electron chi connectivity index (χ3n) is 3.49. The molecule has 0 bridgehead atoms. The van der Waals surface area contributed by atoms with Crippen LogP contribution < -0.4 is 0 Å². The lowest BCUT2D eigenvalue weighted by Gasteiger charge is -2.28. The van der Waals surface area contributed by atoms with Gasteiger partial charge in [0.2, 0.25) is 0 Å². The number of hydrogen-bond donors (Lipinski definition) is 0. The molecule has 0 aliphatic heterocycles. The van der Waals surface area contributed by atoms with E-state index in [4.69, 9.17) is 11.6 Å². The molecule has 1 aromatic rings. The summed E-state index contributed by atoms with van der Waals surface area (Å²) in [7, 11) is 0. The van der Waals surface area contributed by atoms with E-state index in [0.29, 0.717) is 5.88 Å². The molecule has 0 fully saturated rings. The number of carbonyl (C=O) groups is 1. The van der Waals surface area contributed by atoms with Crippen LogP contribution >= 0.6 is 11.6 Å². The minimum atomic E-state index is 0.129. The minimum Gasteiger partial charge on any atom is -0.336 e. The number of benzene rings is 1. The van der Waals surface area contributed by atoms with Crippen LogP contribution in [0.15, 0.2) is 24.3 Å². The number of amides is 1. The Kier molecular flexibility index (Phi) is 6.93. The van der Waals surface area contributed by atoms with Crippen molar-refractivity contribution in [2.75, 3.05) is 6.54 Å². The van der Waals surface area contributed by atoms with E-state index in [1.165, 1.54) is 0 Å². The number of alkyl halides is 1. The number of unbranched alkanes of at least 4 members (excludes halogenated alkanes) is 1. The Morgan fingerprint density at radius 2 is 1.89 bits per heavy atom. The van der Waals surface area contributed by atoms with Gasteiger partial charge in [-0.25, -0.2) is 0 Å². The number of nitrogens with zero attached hydrogens (tertiary/aromatic N) is 1. The zero-order valence-electron chi connectivity index (χ0n) is 12.2. The smallest absolute Gasteiger partial charge is 0.254 e. The van der Waals surface area contributed by atoms with Crippen LogP contribution in [0.25, 0.3) is 0 Å². The van der Waals surface area contributed by atoms with E-state index >= 15 is 0 Å². The van der Waals surface area contributed by atoms with E-state index in [0.717, 1.165) is 36.9 Å². The van der Waals surface area contributed by atoms with E-state index in [2.05, 4.69) is 20.8 Å². The van der Waals surface area contributed by atoms with Crippen LogP contribution in [0.2, 0.25) is 0 Å². The van der Waals surface area contributed by atoms with Crippen LogP contribution in [-0.4, -0.2) is 23.4 Å². The van der Waals surface area contributed by atoms with Crippen LogP contribution in [0.4, 0.5) is 0 Å². The molecule has 3 heteroatoms. The molecule has 0 saturated heterocycles. The second-order valence-corrected chi connectivity index (χ2v) is 5.21. The Bertz CT molecular complexity index is 388. The van der Waals surface area contributed by atoms with Crippen molar-refractivity contribution in [1.82, 2.24) is 4.90 Å². The maximum absolute atomic E-state index is 12.5. The van der Waals surface area contributed by atoms with Crippen molar-refractivity contribution in [2.24, 2.45) is 0 Å². The molecule has 1 aromatic carbocycles. The lowest BCUT2D eigenvalue weighted by Crippen LogP contribution is -2.39. The Morgan fingerprint density at radius 3 is 2.37 bits per heavy atom. The zero-order valence-corrected chi connectivity index (χ0v) is 12.9. The summed E-state index contributed by atoms with van der Waals surface area (Å²) in [4.78, 5) is 14.5. The number of halogens is 1. The molecule has 1 amide bonds. The highest BCUT2D eigenvalue weighted by atomic mass is 35.5. The van der Waals surface area contributed by atoms with Crippen LogP contribution in [0.3, 0.4) is 0 Å². The maximum atomic E-state index is 12.5. The van der Waals surface area contributed by atoms with Crippen molar-refractivity contribution in [3.05, 3.63) is 35.4 Å². The van der Waals surface area contributed by atoms with Crippen molar-refractivity contribution in [1.29, 1.82) is 0 Å². The van der Waals surface area contributed by atoms with Crippen molar-refractivity contribution in [2.45, 2.75) is 52.0 Å². The topological polar surface area (TPSA) is 20.3 Å². The van der Waals surface area contributed by atoms with E-state index in [9.17, 15) is 4.79 Å². The standard InChI is InChI=1S/C16H24ClNO/c1-4-6-11-18(13(3)5-2)16(19)15-9-7-14(12-17)8-10-15/h7-10,13H,4-6,11-12H2,1-3H3. The molecule has 2 nitrogen and oxygen atoms in total. The monoisotopic (exact) mass is 281 g/mol. The van der Waals surface area contributed by atoms with Crippen molar-refractivity contribution in [3.63, 3.8) is 0 Å². The summed E-state index contributed by atoms with van der Waals surface area (Å²) in [5.74, 6) is 0.614. The second kappa shape index (κ2) is 8.21. The SMILES string of the molecule is CCCCN(C(=O)c1ccc(CCl)cc1)C(C)CC. The van der Waals surface area contributed by atoms with Crippen molar-refractivity contribution >= 4 is 17.5 Å². The number of hydrogen-bond acceptors (Lipinski definition) is 1. The summed E-state index contributed by atoms with van der Waals surface area (Å²) >= 11 is 5.77. The van der Waals surface area contributed by atoms with Crippen LogP contribution in [0.5, 0.6) is 0 Å². The van der Waals surface area contributed by atoms with Gasteiger partial charge in [-0.05, 0) is 37.5 Å². The van der Waals surface area contributed by atoms with Gasteiger partial charge in [-0.2, -0.15) is 0 Å². The Morgan fingerprint density at radius 1 is 1.26 bits per heavy atom. The summed E-state index contributed by atoms with van der Waals surface area (Å²) in [5.41, 5.74) is 1.80. The molecule has 1 unspecified atom stereocenters. The molecule has 19 heavy (non-hydrogen) atoms. The summed E-state index contributed by atoms with van der Waals surface area (Å²) < 4.78 is 0. The van der Waals surface area contributed by atoms with E-state index < -0.39 is 0 Å². The molecule has 106 valence electrons. The second-order valence-electron chi connectivity index (χ2n) is 4.94. The molecular formula is C16H24ClNO. The third-order valence-corrected chi connectivity index (χ3v) is 3.80. The van der Waals surface area contributed by atoms with Gasteiger partial charge in [0.25, 0.3) is 5.91 Å². The zero-order chi connectivity index (χ0) is 14.3. The Balaban J connectivity index is 2.84. The molecule has 0 saturated carbocycles. The molecule has 0 N–H and O–H groups in total. The summed E-state index contributed by atoms with van der Waals surface area (Å²) in [6.07, 6.45) is 3.14. The highest BCUT2D eigenvalue weighted by molar-refractivity contribution is 6.17. The molecule has 0 heterocycles. The Labute approximate surface area is 121 Å². The maximum Gasteiger partial charge on any atom is 0.254 e. The molecule has 1 rings (SSSR count). The van der Waals surface area contributed by atoms with Gasteiger partial charge in [0.05, 0.1) is 0 Å². The molecular weight excluding hydrogens is 258 g/mol. The van der Waals surface area contributed by atoms with E-state index in [1.54, 1.807) is 0 Å². The average Bonchev–Trinajstić information content (AvgIpc) is 2.47. The van der Waals surface area contributed by atoms with Crippen LogP contribution in [0, 0.1) is 0 Å². The Hall–Kier alpha value is -1.02. The summed E-state index contributed by atoms with van der Waals surface area (Å²) in [6, 6.07) is 7.89.